The van der Waals surface area contributed by atoms with Crippen LogP contribution < -0.4 is 5.32 Å². The molecule has 21 nitrogen and oxygen atoms in total. The Hall–Kier alpha value is -2.19. The van der Waals surface area contributed by atoms with Crippen molar-refractivity contribution in [1.29, 1.82) is 0 Å². The fourth-order valence-corrected chi connectivity index (χ4v) is 5.47. The van der Waals surface area contributed by atoms with Crippen molar-refractivity contribution in [3.05, 3.63) is 0 Å². The number of ether oxygens (including phenoxy) is 6. The average Bonchev–Trinajstić information content (AvgIpc) is 3.00. The van der Waals surface area contributed by atoms with Gasteiger partial charge in [0.1, 0.15) is 73.2 Å². The van der Waals surface area contributed by atoms with E-state index in [1.807, 2.05) is 0 Å². The van der Waals surface area contributed by atoms with Crippen LogP contribution >= 0.6 is 0 Å². The molecular formula is C25H41NO20. The smallest absolute Gasteiger partial charge is 0.364 e. The number of carbonyl (C=O) groups is 3. The van der Waals surface area contributed by atoms with E-state index in [0.29, 0.717) is 0 Å². The Bertz CT molecular complexity index is 1050. The summed E-state index contributed by atoms with van der Waals surface area (Å²) in [7, 11) is 0. The van der Waals surface area contributed by atoms with E-state index in [1.165, 1.54) is 0 Å². The fraction of sp³-hybridized carbons (Fsp3) is 0.880. The fourth-order valence-electron chi connectivity index (χ4n) is 5.47. The first-order valence-corrected chi connectivity index (χ1v) is 14.1. The molecule has 16 atom stereocenters. The molecule has 0 aromatic carbocycles. The number of aliphatic hydroxyl groups excluding tert-OH is 10. The zero-order valence-corrected chi connectivity index (χ0v) is 24.6. The monoisotopic (exact) mass is 675 g/mol. The lowest BCUT2D eigenvalue weighted by molar-refractivity contribution is -0.385. The van der Waals surface area contributed by atoms with Gasteiger partial charge in [0.15, 0.2) is 12.6 Å². The molecule has 0 spiro atoms. The predicted molar refractivity (Wildman–Crippen MR) is 140 cm³/mol. The van der Waals surface area contributed by atoms with Gasteiger partial charge in [0.2, 0.25) is 5.91 Å². The van der Waals surface area contributed by atoms with Crippen LogP contribution in [-0.2, 0) is 42.8 Å². The second-order valence-electron chi connectivity index (χ2n) is 11.1. The first kappa shape index (κ1) is 38.3. The zero-order chi connectivity index (χ0) is 34.7. The maximum absolute atomic E-state index is 12.8. The van der Waals surface area contributed by atoms with Crippen molar-refractivity contribution >= 4 is 17.8 Å². The van der Waals surface area contributed by atoms with Gasteiger partial charge in [-0.15, -0.1) is 0 Å². The van der Waals surface area contributed by atoms with E-state index in [0.717, 1.165) is 13.8 Å². The molecule has 3 heterocycles. The maximum Gasteiger partial charge on any atom is 0.364 e. The lowest BCUT2D eigenvalue weighted by Gasteiger charge is -2.51. The van der Waals surface area contributed by atoms with Gasteiger partial charge in [0.25, 0.3) is 5.79 Å². The van der Waals surface area contributed by atoms with Gasteiger partial charge in [-0.1, -0.05) is 0 Å². The number of aliphatic carboxylic acids is 1. The highest BCUT2D eigenvalue weighted by Gasteiger charge is 2.61. The highest BCUT2D eigenvalue weighted by molar-refractivity contribution is 5.77. The SMILES string of the molecule is CC(=O)N[C@H]1[C@H]([C@H](O)[C@H](O)CO)O[C@@](O[C@H]2[C@@H](O)[C@@H](CO)O[C@@H](O[C@H]3[C@H](O)[C@@H](O)C(O)O[C@@H]3CO)[C@@H]2O)(C(=O)O)C[C@@H]1OC(C)=O. The number of esters is 1. The summed E-state index contributed by atoms with van der Waals surface area (Å²) in [6.45, 7) is -0.971. The number of carboxylic acids is 1. The molecule has 0 saturated carbocycles. The summed E-state index contributed by atoms with van der Waals surface area (Å²) < 4.78 is 32.4. The summed E-state index contributed by atoms with van der Waals surface area (Å²) in [5.41, 5.74) is 0. The van der Waals surface area contributed by atoms with E-state index in [4.69, 9.17) is 28.4 Å². The van der Waals surface area contributed by atoms with Crippen LogP contribution in [0.15, 0.2) is 0 Å². The van der Waals surface area contributed by atoms with Crippen LogP contribution in [0.2, 0.25) is 0 Å². The summed E-state index contributed by atoms with van der Waals surface area (Å²) in [6.07, 6.45) is -28.0. The topological polar surface area (TPSA) is 341 Å². The summed E-state index contributed by atoms with van der Waals surface area (Å²) in [4.78, 5) is 36.8. The standard InChI is InChI=1S/C25H41NO20/c1-7(30)26-13-10(41-8(2)31)3-25(24(39)40,45-20(13)14(33)9(32)4-27)46-21-15(34)11(5-28)43-23(18(21)37)44-19-12(6-29)42-22(38)17(36)16(19)35/h9-23,27-29,32-38H,3-6H2,1-2H3,(H,26,30)(H,39,40)/t9-,10+,11-,12-,13-,14-,15+,16-,17-,18-,19-,20-,21+,22?,23+,25+/m1/s1. The van der Waals surface area contributed by atoms with Crippen molar-refractivity contribution in [1.82, 2.24) is 5.32 Å². The molecular weight excluding hydrogens is 634 g/mol. The van der Waals surface area contributed by atoms with Crippen molar-refractivity contribution in [3.8, 4) is 0 Å². The summed E-state index contributed by atoms with van der Waals surface area (Å²) in [5.74, 6) is -6.80. The minimum atomic E-state index is -3.06. The number of carbonyl (C=O) groups excluding carboxylic acids is 2. The molecule has 0 radical (unpaired) electrons. The first-order chi connectivity index (χ1) is 21.5. The lowest BCUT2D eigenvalue weighted by atomic mass is 9.87. The first-order valence-electron chi connectivity index (χ1n) is 14.1. The van der Waals surface area contributed by atoms with E-state index >= 15 is 0 Å². The van der Waals surface area contributed by atoms with Crippen molar-refractivity contribution in [3.63, 3.8) is 0 Å². The van der Waals surface area contributed by atoms with E-state index < -0.39 is 142 Å². The molecule has 266 valence electrons. The Morgan fingerprint density at radius 3 is 2.04 bits per heavy atom. The van der Waals surface area contributed by atoms with Crippen LogP contribution in [0.25, 0.3) is 0 Å². The second kappa shape index (κ2) is 15.8. The van der Waals surface area contributed by atoms with Crippen LogP contribution in [0.1, 0.15) is 20.3 Å². The number of amides is 1. The number of nitrogens with one attached hydrogen (secondary N) is 1. The number of aliphatic hydroxyl groups is 10. The molecule has 1 amide bonds. The van der Waals surface area contributed by atoms with Gasteiger partial charge >= 0.3 is 11.9 Å². The van der Waals surface area contributed by atoms with E-state index in [2.05, 4.69) is 5.32 Å². The molecule has 1 unspecified atom stereocenters. The van der Waals surface area contributed by atoms with Gasteiger partial charge in [0, 0.05) is 13.8 Å². The Balaban J connectivity index is 2.02. The largest absolute Gasteiger partial charge is 0.477 e. The summed E-state index contributed by atoms with van der Waals surface area (Å²) in [6, 6.07) is -1.54. The van der Waals surface area contributed by atoms with Crippen molar-refractivity contribution in [2.45, 2.75) is 118 Å². The molecule has 0 bridgehead atoms. The second-order valence-corrected chi connectivity index (χ2v) is 11.1. The van der Waals surface area contributed by atoms with E-state index in [9.17, 15) is 70.6 Å². The zero-order valence-electron chi connectivity index (χ0n) is 24.6. The van der Waals surface area contributed by atoms with Crippen LogP contribution in [0.3, 0.4) is 0 Å². The third kappa shape index (κ3) is 8.08. The Kier molecular flexibility index (Phi) is 13.1. The minimum absolute atomic E-state index is 0.765. The van der Waals surface area contributed by atoms with Gasteiger partial charge in [0.05, 0.1) is 32.3 Å². The molecule has 0 aromatic heterocycles. The third-order valence-electron chi connectivity index (χ3n) is 7.76. The molecule has 3 aliphatic heterocycles. The van der Waals surface area contributed by atoms with Crippen molar-refractivity contribution in [2.24, 2.45) is 0 Å². The third-order valence-corrected chi connectivity index (χ3v) is 7.76. The van der Waals surface area contributed by atoms with Crippen LogP contribution in [0, 0.1) is 0 Å². The quantitative estimate of drug-likeness (QED) is 0.0854. The van der Waals surface area contributed by atoms with Crippen LogP contribution in [0.5, 0.6) is 0 Å². The normalized spacial score (nSPS) is 42.9. The summed E-state index contributed by atoms with van der Waals surface area (Å²) >= 11 is 0. The maximum atomic E-state index is 12.8. The van der Waals surface area contributed by atoms with Gasteiger partial charge in [-0.25, -0.2) is 4.79 Å². The van der Waals surface area contributed by atoms with Crippen LogP contribution in [0.4, 0.5) is 0 Å². The molecule has 12 N–H and O–H groups in total. The number of carboxylic acid groups (broad SMARTS) is 1. The van der Waals surface area contributed by atoms with Gasteiger partial charge in [-0.05, 0) is 0 Å². The molecule has 0 aliphatic carbocycles. The molecule has 0 aromatic rings. The Labute approximate surface area is 260 Å². The van der Waals surface area contributed by atoms with E-state index in [1.54, 1.807) is 0 Å². The van der Waals surface area contributed by atoms with Gasteiger partial charge in [-0.2, -0.15) is 0 Å². The molecule has 3 rings (SSSR count). The van der Waals surface area contributed by atoms with E-state index in [-0.39, 0.29) is 0 Å². The Morgan fingerprint density at radius 2 is 1.52 bits per heavy atom. The predicted octanol–water partition coefficient (Wildman–Crippen LogP) is -7.65. The van der Waals surface area contributed by atoms with Gasteiger partial charge in [-0.3, -0.25) is 9.59 Å². The molecule has 46 heavy (non-hydrogen) atoms. The van der Waals surface area contributed by atoms with Crippen LogP contribution in [-0.4, -0.2) is 191 Å². The molecule has 21 heteroatoms. The molecule has 3 saturated heterocycles. The Morgan fingerprint density at radius 1 is 0.891 bits per heavy atom. The highest BCUT2D eigenvalue weighted by Crippen LogP contribution is 2.39. The molecule has 3 fully saturated rings. The number of hydrogen-bond acceptors (Lipinski definition) is 19. The van der Waals surface area contributed by atoms with Gasteiger partial charge < -0.3 is 89.9 Å². The summed E-state index contributed by atoms with van der Waals surface area (Å²) in [5, 5.41) is 115. The lowest BCUT2D eigenvalue weighted by Crippen LogP contribution is -2.71. The van der Waals surface area contributed by atoms with Crippen molar-refractivity contribution < 1.29 is 99.0 Å². The highest BCUT2D eigenvalue weighted by atomic mass is 16.8. The number of rotatable bonds is 12. The average molecular weight is 676 g/mol. The minimum Gasteiger partial charge on any atom is -0.477 e. The van der Waals surface area contributed by atoms with Crippen molar-refractivity contribution in [2.75, 3.05) is 19.8 Å². The number of hydrogen-bond donors (Lipinski definition) is 12. The molecule has 3 aliphatic rings.